The Morgan fingerprint density at radius 2 is 1.42 bits per heavy atom. The lowest BCUT2D eigenvalue weighted by Crippen LogP contribution is -2.08. The Labute approximate surface area is 69.9 Å². The average Bonchev–Trinajstić information content (AvgIpc) is 1.77. The molecule has 0 aromatic heterocycles. The van der Waals surface area contributed by atoms with Crippen LogP contribution in [0.3, 0.4) is 0 Å². The van der Waals surface area contributed by atoms with Crippen molar-refractivity contribution < 1.29 is 28.7 Å². The van der Waals surface area contributed by atoms with Gasteiger partial charge in [-0.25, -0.2) is 0 Å². The van der Waals surface area contributed by atoms with E-state index in [1.165, 1.54) is 0 Å². The maximum absolute atomic E-state index is 10.5. The first-order chi connectivity index (χ1) is 5.19. The van der Waals surface area contributed by atoms with Crippen molar-refractivity contribution in [2.75, 3.05) is 0 Å². The molecular formula is C4H11O6P2. The first-order valence-electron chi connectivity index (χ1n) is 3.09. The Balaban J connectivity index is 4.70. The molecule has 0 heterocycles. The van der Waals surface area contributed by atoms with Crippen LogP contribution in [0.15, 0.2) is 0 Å². The van der Waals surface area contributed by atoms with E-state index in [0.717, 1.165) is 0 Å². The van der Waals surface area contributed by atoms with E-state index in [9.17, 15) is 9.13 Å². The van der Waals surface area contributed by atoms with Crippen LogP contribution in [0.1, 0.15) is 12.8 Å². The van der Waals surface area contributed by atoms with Crippen molar-refractivity contribution in [1.29, 1.82) is 0 Å². The molecule has 0 aliphatic carbocycles. The molecule has 0 spiro atoms. The zero-order valence-electron chi connectivity index (χ0n) is 6.20. The summed E-state index contributed by atoms with van der Waals surface area (Å²) in [6.07, 6.45) is -0.213. The fourth-order valence-electron chi connectivity index (χ4n) is 0.715. The number of rotatable bonds is 4. The van der Waals surface area contributed by atoms with Crippen molar-refractivity contribution >= 4 is 15.2 Å². The largest absolute Gasteiger partial charge is 0.340 e. The fourth-order valence-corrected chi connectivity index (χ4v) is 3.32. The Kier molecular flexibility index (Phi) is 4.11. The molecular weight excluding hydrogens is 206 g/mol. The minimum Gasteiger partial charge on any atom is -0.324 e. The van der Waals surface area contributed by atoms with Crippen LogP contribution in [0.2, 0.25) is 0 Å². The van der Waals surface area contributed by atoms with Crippen LogP contribution >= 0.6 is 15.2 Å². The fraction of sp³-hybridized carbons (Fsp3) is 0.750. The molecule has 0 atom stereocenters. The molecule has 12 heavy (non-hydrogen) atoms. The highest BCUT2D eigenvalue weighted by Gasteiger charge is 2.42. The summed E-state index contributed by atoms with van der Waals surface area (Å²) in [5.41, 5.74) is 0. The van der Waals surface area contributed by atoms with Crippen LogP contribution in [-0.4, -0.2) is 25.0 Å². The second-order valence-electron chi connectivity index (χ2n) is 2.30. The van der Waals surface area contributed by atoms with E-state index in [2.05, 4.69) is 6.92 Å². The van der Waals surface area contributed by atoms with E-state index in [-0.39, 0.29) is 12.8 Å². The van der Waals surface area contributed by atoms with Crippen molar-refractivity contribution in [2.45, 2.75) is 18.2 Å². The number of hydrogen-bond acceptors (Lipinski definition) is 2. The predicted octanol–water partition coefficient (Wildman–Crippen LogP) is 0.282. The Bertz CT molecular complexity index is 204. The summed E-state index contributed by atoms with van der Waals surface area (Å²) in [5.74, 6) is 0. The van der Waals surface area contributed by atoms with E-state index >= 15 is 0 Å². The third-order valence-corrected chi connectivity index (χ3v) is 5.11. The second kappa shape index (κ2) is 4.01. The van der Waals surface area contributed by atoms with Crippen LogP contribution in [0.4, 0.5) is 0 Å². The third kappa shape index (κ3) is 3.81. The molecule has 1 radical (unpaired) electrons. The maximum atomic E-state index is 10.5. The van der Waals surface area contributed by atoms with Crippen molar-refractivity contribution in [2.24, 2.45) is 0 Å². The van der Waals surface area contributed by atoms with Crippen LogP contribution in [0.25, 0.3) is 0 Å². The summed E-state index contributed by atoms with van der Waals surface area (Å²) in [6.45, 7) is 3.27. The van der Waals surface area contributed by atoms with Crippen molar-refractivity contribution in [1.82, 2.24) is 0 Å². The summed E-state index contributed by atoms with van der Waals surface area (Å²) < 4.78 is 21.1. The van der Waals surface area contributed by atoms with Gasteiger partial charge in [0.1, 0.15) is 0 Å². The second-order valence-corrected chi connectivity index (χ2v) is 6.31. The van der Waals surface area contributed by atoms with Gasteiger partial charge in [-0.05, 0) is 6.42 Å². The predicted molar refractivity (Wildman–Crippen MR) is 42.5 cm³/mol. The monoisotopic (exact) mass is 217 g/mol. The molecule has 0 fully saturated rings. The van der Waals surface area contributed by atoms with Gasteiger partial charge in [0.15, 0.2) is 5.40 Å². The first kappa shape index (κ1) is 12.3. The molecule has 8 heteroatoms. The zero-order valence-corrected chi connectivity index (χ0v) is 7.99. The minimum absolute atomic E-state index is 0.0703. The lowest BCUT2D eigenvalue weighted by molar-refractivity contribution is 0.335. The molecule has 0 bridgehead atoms. The first-order valence-corrected chi connectivity index (χ1v) is 6.45. The van der Waals surface area contributed by atoms with Crippen LogP contribution < -0.4 is 0 Å². The van der Waals surface area contributed by atoms with Gasteiger partial charge in [0, 0.05) is 0 Å². The van der Waals surface area contributed by atoms with E-state index in [1.54, 1.807) is 0 Å². The van der Waals surface area contributed by atoms with Crippen LogP contribution in [0.5, 0.6) is 0 Å². The van der Waals surface area contributed by atoms with Gasteiger partial charge >= 0.3 is 15.2 Å². The van der Waals surface area contributed by atoms with E-state index in [4.69, 9.17) is 19.6 Å². The Hall–Kier alpha value is 0.300. The molecule has 0 saturated carbocycles. The highest BCUT2D eigenvalue weighted by Crippen LogP contribution is 2.61. The van der Waals surface area contributed by atoms with Gasteiger partial charge in [0.25, 0.3) is 0 Å². The topological polar surface area (TPSA) is 115 Å². The lowest BCUT2D eigenvalue weighted by atomic mass is 10.4. The molecule has 0 aromatic rings. The van der Waals surface area contributed by atoms with Crippen LogP contribution in [-0.2, 0) is 9.13 Å². The molecule has 0 amide bonds. The summed E-state index contributed by atoms with van der Waals surface area (Å²) >= 11 is 0. The SMILES string of the molecule is [CH2]CCC(P(=O)(O)O)P(=O)(O)O. The third-order valence-electron chi connectivity index (χ3n) is 1.24. The van der Waals surface area contributed by atoms with Gasteiger partial charge in [-0.3, -0.25) is 9.13 Å². The zero-order chi connectivity index (χ0) is 9.99. The maximum Gasteiger partial charge on any atom is 0.340 e. The Morgan fingerprint density at radius 1 is 1.08 bits per heavy atom. The summed E-state index contributed by atoms with van der Waals surface area (Å²) in [5, 5.41) is -1.90. The lowest BCUT2D eigenvalue weighted by Gasteiger charge is -2.18. The van der Waals surface area contributed by atoms with Gasteiger partial charge in [-0.15, -0.1) is 0 Å². The van der Waals surface area contributed by atoms with Gasteiger partial charge in [-0.1, -0.05) is 13.3 Å². The average molecular weight is 217 g/mol. The summed E-state index contributed by atoms with van der Waals surface area (Å²) in [4.78, 5) is 34.1. The standard InChI is InChI=1S/C4H11O6P2/c1-2-3-4(11(5,6)7)12(8,9)10/h4H,1-3H2,(H2,5,6,7)(H2,8,9,10). The normalized spacial score (nSPS) is 13.8. The summed E-state index contributed by atoms with van der Waals surface area (Å²) in [6, 6.07) is 0. The van der Waals surface area contributed by atoms with Crippen molar-refractivity contribution in [3.63, 3.8) is 0 Å². The van der Waals surface area contributed by atoms with Crippen molar-refractivity contribution in [3.05, 3.63) is 6.92 Å². The summed E-state index contributed by atoms with van der Waals surface area (Å²) in [7, 11) is -9.43. The molecule has 0 saturated heterocycles. The van der Waals surface area contributed by atoms with Gasteiger partial charge in [0.05, 0.1) is 0 Å². The quantitative estimate of drug-likeness (QED) is 0.503. The highest BCUT2D eigenvalue weighted by molar-refractivity contribution is 7.70. The molecule has 6 nitrogen and oxygen atoms in total. The molecule has 0 rings (SSSR count). The molecule has 0 aromatic carbocycles. The van der Waals surface area contributed by atoms with E-state index in [1.807, 2.05) is 0 Å². The van der Waals surface area contributed by atoms with Crippen molar-refractivity contribution in [3.8, 4) is 0 Å². The molecule has 0 unspecified atom stereocenters. The van der Waals surface area contributed by atoms with E-state index in [0.29, 0.717) is 0 Å². The van der Waals surface area contributed by atoms with Crippen LogP contribution in [0, 0.1) is 6.92 Å². The minimum atomic E-state index is -4.72. The van der Waals surface area contributed by atoms with Gasteiger partial charge in [0.2, 0.25) is 0 Å². The molecule has 0 aliphatic rings. The highest BCUT2D eigenvalue weighted by atomic mass is 31.2. The Morgan fingerprint density at radius 3 is 1.50 bits per heavy atom. The van der Waals surface area contributed by atoms with Gasteiger partial charge in [-0.2, -0.15) is 0 Å². The molecule has 73 valence electrons. The smallest absolute Gasteiger partial charge is 0.324 e. The van der Waals surface area contributed by atoms with Gasteiger partial charge < -0.3 is 19.6 Å². The van der Waals surface area contributed by atoms with E-state index < -0.39 is 20.6 Å². The number of hydrogen-bond donors (Lipinski definition) is 4. The molecule has 0 aliphatic heterocycles. The molecule has 4 N–H and O–H groups in total.